The topological polar surface area (TPSA) is 75.3 Å². The fraction of sp³-hybridized carbons (Fsp3) is 0.348. The van der Waals surface area contributed by atoms with Crippen LogP contribution in [-0.4, -0.2) is 17.6 Å². The fourth-order valence-electron chi connectivity index (χ4n) is 2.70. The lowest BCUT2D eigenvalue weighted by atomic mass is 9.86. The Balaban J connectivity index is 2.01. The molecule has 2 aromatic carbocycles. The quantitative estimate of drug-likeness (QED) is 0.576. The summed E-state index contributed by atoms with van der Waals surface area (Å²) in [5.74, 6) is -1.25. The molecule has 0 aromatic heterocycles. The van der Waals surface area contributed by atoms with Gasteiger partial charge in [0.1, 0.15) is 0 Å². The summed E-state index contributed by atoms with van der Waals surface area (Å²) in [6.45, 7) is 9.88. The second-order valence-electron chi connectivity index (χ2n) is 7.88. The third-order valence-electron chi connectivity index (χ3n) is 4.58. The number of Topliss-reactive ketones (excluding diaryl/α,β-unsaturated/α-hetero) is 1. The van der Waals surface area contributed by atoms with E-state index in [2.05, 4.69) is 31.4 Å². The highest BCUT2D eigenvalue weighted by molar-refractivity contribution is 6.42. The average Bonchev–Trinajstić information content (AvgIpc) is 2.67. The van der Waals surface area contributed by atoms with Gasteiger partial charge in [-0.3, -0.25) is 14.4 Å². The third-order valence-corrected chi connectivity index (χ3v) is 4.58. The van der Waals surface area contributed by atoms with Crippen molar-refractivity contribution >= 4 is 23.3 Å². The monoisotopic (exact) mass is 380 g/mol. The van der Waals surface area contributed by atoms with Gasteiger partial charge in [-0.2, -0.15) is 0 Å². The van der Waals surface area contributed by atoms with Crippen molar-refractivity contribution in [2.75, 3.05) is 5.32 Å². The van der Waals surface area contributed by atoms with Crippen molar-refractivity contribution in [1.29, 1.82) is 0 Å². The normalized spacial score (nSPS) is 12.2. The number of hydrogen-bond acceptors (Lipinski definition) is 3. The minimum atomic E-state index is -0.639. The maximum Gasteiger partial charge on any atom is 0.292 e. The highest BCUT2D eigenvalue weighted by atomic mass is 16.2. The van der Waals surface area contributed by atoms with Gasteiger partial charge in [0.15, 0.2) is 0 Å². The molecular weight excluding hydrogens is 352 g/mol. The Morgan fingerprint density at radius 3 is 2.00 bits per heavy atom. The van der Waals surface area contributed by atoms with E-state index >= 15 is 0 Å². The van der Waals surface area contributed by atoms with Crippen LogP contribution in [0.15, 0.2) is 48.5 Å². The summed E-state index contributed by atoms with van der Waals surface area (Å²) >= 11 is 0. The van der Waals surface area contributed by atoms with Gasteiger partial charge >= 0.3 is 0 Å². The summed E-state index contributed by atoms with van der Waals surface area (Å²) in [5, 5.41) is 5.51. The minimum Gasteiger partial charge on any atom is -0.343 e. The van der Waals surface area contributed by atoms with Crippen molar-refractivity contribution in [2.24, 2.45) is 0 Å². The molecule has 0 spiro atoms. The number of rotatable bonds is 6. The lowest BCUT2D eigenvalue weighted by Gasteiger charge is -2.19. The maximum absolute atomic E-state index is 12.4. The van der Waals surface area contributed by atoms with E-state index in [1.807, 2.05) is 31.2 Å². The van der Waals surface area contributed by atoms with E-state index in [9.17, 15) is 14.4 Å². The molecule has 2 rings (SSSR count). The first kappa shape index (κ1) is 21.4. The van der Waals surface area contributed by atoms with Crippen LogP contribution in [0.3, 0.4) is 0 Å². The Kier molecular flexibility index (Phi) is 6.73. The first-order valence-electron chi connectivity index (χ1n) is 9.47. The van der Waals surface area contributed by atoms with Crippen LogP contribution in [0.25, 0.3) is 0 Å². The van der Waals surface area contributed by atoms with Crippen molar-refractivity contribution < 1.29 is 14.4 Å². The molecule has 0 aliphatic heterocycles. The van der Waals surface area contributed by atoms with Gasteiger partial charge in [-0.25, -0.2) is 0 Å². The molecule has 0 radical (unpaired) electrons. The number of ketones is 1. The Hall–Kier alpha value is -2.95. The zero-order chi connectivity index (χ0) is 20.9. The summed E-state index contributed by atoms with van der Waals surface area (Å²) in [6, 6.07) is 14.0. The molecule has 0 aliphatic carbocycles. The van der Waals surface area contributed by atoms with Crippen molar-refractivity contribution in [1.82, 2.24) is 5.32 Å². The lowest BCUT2D eigenvalue weighted by Crippen LogP contribution is -2.33. The fourth-order valence-corrected chi connectivity index (χ4v) is 2.70. The van der Waals surface area contributed by atoms with Gasteiger partial charge in [-0.05, 0) is 35.6 Å². The van der Waals surface area contributed by atoms with E-state index < -0.39 is 11.7 Å². The molecule has 0 bridgehead atoms. The van der Waals surface area contributed by atoms with Gasteiger partial charge in [0.05, 0.1) is 6.04 Å². The summed E-state index contributed by atoms with van der Waals surface area (Å²) in [7, 11) is 0. The van der Waals surface area contributed by atoms with Crippen LogP contribution in [0.1, 0.15) is 68.6 Å². The molecule has 0 fully saturated rings. The first-order chi connectivity index (χ1) is 13.1. The Labute approximate surface area is 166 Å². The third kappa shape index (κ3) is 5.52. The molecule has 5 heteroatoms. The highest BCUT2D eigenvalue weighted by Crippen LogP contribution is 2.22. The number of benzene rings is 2. The molecular formula is C23H28N2O3. The molecule has 2 aromatic rings. The predicted octanol–water partition coefficient (Wildman–Crippen LogP) is 4.39. The second kappa shape index (κ2) is 8.83. The standard InChI is InChI=1S/C23H28N2O3/c1-6-20(26)25-19-13-9-16(10-14-19)15(2)24-22(28)21(27)17-7-11-18(12-8-17)23(3,4)5/h7-15H,6H2,1-5H3,(H,24,28)(H,25,26). The Morgan fingerprint density at radius 1 is 0.929 bits per heavy atom. The van der Waals surface area contributed by atoms with Gasteiger partial charge in [-0.1, -0.05) is 64.1 Å². The number of amides is 2. The predicted molar refractivity (Wildman–Crippen MR) is 111 cm³/mol. The molecule has 0 heterocycles. The van der Waals surface area contributed by atoms with Crippen molar-refractivity contribution in [3.63, 3.8) is 0 Å². The molecule has 148 valence electrons. The molecule has 2 N–H and O–H groups in total. The molecule has 1 atom stereocenters. The Bertz CT molecular complexity index is 847. The zero-order valence-corrected chi connectivity index (χ0v) is 17.1. The number of carbonyl (C=O) groups is 3. The van der Waals surface area contributed by atoms with Crippen LogP contribution in [0.2, 0.25) is 0 Å². The minimum absolute atomic E-state index is 0.0128. The smallest absolute Gasteiger partial charge is 0.292 e. The van der Waals surface area contributed by atoms with Gasteiger partial charge < -0.3 is 10.6 Å². The summed E-state index contributed by atoms with van der Waals surface area (Å²) in [6.07, 6.45) is 0.410. The summed E-state index contributed by atoms with van der Waals surface area (Å²) in [5.41, 5.74) is 3.01. The zero-order valence-electron chi connectivity index (χ0n) is 17.1. The molecule has 5 nitrogen and oxygen atoms in total. The second-order valence-corrected chi connectivity index (χ2v) is 7.88. The van der Waals surface area contributed by atoms with E-state index in [1.165, 1.54) is 0 Å². The van der Waals surface area contributed by atoms with Crippen LogP contribution < -0.4 is 10.6 Å². The number of nitrogens with one attached hydrogen (secondary N) is 2. The van der Waals surface area contributed by atoms with E-state index in [-0.39, 0.29) is 17.4 Å². The Morgan fingerprint density at radius 2 is 1.50 bits per heavy atom. The molecule has 2 amide bonds. The van der Waals surface area contributed by atoms with E-state index in [1.54, 1.807) is 31.2 Å². The molecule has 1 unspecified atom stereocenters. The van der Waals surface area contributed by atoms with Crippen molar-refractivity contribution in [2.45, 2.75) is 52.5 Å². The first-order valence-corrected chi connectivity index (χ1v) is 9.47. The molecule has 0 saturated carbocycles. The molecule has 0 aliphatic rings. The maximum atomic E-state index is 12.4. The number of carbonyl (C=O) groups excluding carboxylic acids is 3. The molecule has 28 heavy (non-hydrogen) atoms. The highest BCUT2D eigenvalue weighted by Gasteiger charge is 2.20. The van der Waals surface area contributed by atoms with Gasteiger partial charge in [0, 0.05) is 17.7 Å². The SMILES string of the molecule is CCC(=O)Nc1ccc(C(C)NC(=O)C(=O)c2ccc(C(C)(C)C)cc2)cc1. The van der Waals surface area contributed by atoms with Crippen molar-refractivity contribution in [3.05, 3.63) is 65.2 Å². The van der Waals surface area contributed by atoms with Gasteiger partial charge in [0.2, 0.25) is 11.7 Å². The van der Waals surface area contributed by atoms with E-state index in [4.69, 9.17) is 0 Å². The largest absolute Gasteiger partial charge is 0.343 e. The average molecular weight is 380 g/mol. The van der Waals surface area contributed by atoms with E-state index in [0.717, 1.165) is 11.1 Å². The number of anilines is 1. The van der Waals surface area contributed by atoms with Crippen LogP contribution in [0.4, 0.5) is 5.69 Å². The van der Waals surface area contributed by atoms with Crippen LogP contribution in [0.5, 0.6) is 0 Å². The summed E-state index contributed by atoms with van der Waals surface area (Å²) in [4.78, 5) is 36.2. The van der Waals surface area contributed by atoms with E-state index in [0.29, 0.717) is 17.7 Å². The van der Waals surface area contributed by atoms with Gasteiger partial charge in [-0.15, -0.1) is 0 Å². The lowest BCUT2D eigenvalue weighted by molar-refractivity contribution is -0.117. The molecule has 0 saturated heterocycles. The van der Waals surface area contributed by atoms with Gasteiger partial charge in [0.25, 0.3) is 5.91 Å². The van der Waals surface area contributed by atoms with Crippen LogP contribution in [0, 0.1) is 0 Å². The number of hydrogen-bond donors (Lipinski definition) is 2. The van der Waals surface area contributed by atoms with Crippen LogP contribution in [-0.2, 0) is 15.0 Å². The van der Waals surface area contributed by atoms with Crippen molar-refractivity contribution in [3.8, 4) is 0 Å². The summed E-state index contributed by atoms with van der Waals surface area (Å²) < 4.78 is 0. The van der Waals surface area contributed by atoms with Crippen LogP contribution >= 0.6 is 0 Å².